The number of rotatable bonds is 7. The van der Waals surface area contributed by atoms with Gasteiger partial charge in [-0.3, -0.25) is 18.7 Å². The van der Waals surface area contributed by atoms with Crippen LogP contribution in [0.1, 0.15) is 4.88 Å². The lowest BCUT2D eigenvalue weighted by atomic mass is 10.3. The van der Waals surface area contributed by atoms with Crippen molar-refractivity contribution >= 4 is 56.2 Å². The molecule has 0 atom stereocenters. The third kappa shape index (κ3) is 4.28. The number of aromatic nitrogens is 2. The Morgan fingerprint density at radius 1 is 1.07 bits per heavy atom. The van der Waals surface area contributed by atoms with Gasteiger partial charge in [0.15, 0.2) is 0 Å². The molecule has 6 nitrogen and oxygen atoms in total. The molecule has 0 aliphatic carbocycles. The van der Waals surface area contributed by atoms with Crippen molar-refractivity contribution < 1.29 is 4.79 Å². The summed E-state index contributed by atoms with van der Waals surface area (Å²) in [5.41, 5.74) is 0.407. The van der Waals surface area contributed by atoms with Crippen molar-refractivity contribution in [1.82, 2.24) is 9.13 Å². The molecule has 1 N–H and O–H groups in total. The molecule has 0 bridgehead atoms. The SMILES string of the molecule is CSc1cccc(NC(=O)Cn2c(=O)n(CCc3cccs3)c(=O)c3sccc32)c1. The minimum Gasteiger partial charge on any atom is -0.324 e. The fourth-order valence-corrected chi connectivity index (χ4v) is 5.21. The Bertz CT molecular complexity index is 1300. The first kappa shape index (κ1) is 20.6. The van der Waals surface area contributed by atoms with Crippen LogP contribution in [0.25, 0.3) is 10.2 Å². The molecule has 3 aromatic heterocycles. The number of carbonyl (C=O) groups is 1. The molecule has 0 radical (unpaired) electrons. The van der Waals surface area contributed by atoms with Gasteiger partial charge in [0, 0.05) is 22.0 Å². The Balaban J connectivity index is 1.64. The highest BCUT2D eigenvalue weighted by atomic mass is 32.2. The maximum Gasteiger partial charge on any atom is 0.332 e. The van der Waals surface area contributed by atoms with E-state index in [9.17, 15) is 14.4 Å². The first-order valence-electron chi connectivity index (χ1n) is 9.24. The Kier molecular flexibility index (Phi) is 6.21. The summed E-state index contributed by atoms with van der Waals surface area (Å²) in [6.07, 6.45) is 2.56. The van der Waals surface area contributed by atoms with Gasteiger partial charge in [-0.15, -0.1) is 34.4 Å². The quantitative estimate of drug-likeness (QED) is 0.428. The monoisotopic (exact) mass is 457 g/mol. The van der Waals surface area contributed by atoms with E-state index in [-0.39, 0.29) is 24.6 Å². The van der Waals surface area contributed by atoms with Crippen molar-refractivity contribution in [2.45, 2.75) is 24.4 Å². The minimum absolute atomic E-state index is 0.158. The van der Waals surface area contributed by atoms with Crippen LogP contribution in [0.5, 0.6) is 0 Å². The smallest absolute Gasteiger partial charge is 0.324 e. The minimum atomic E-state index is -0.463. The van der Waals surface area contributed by atoms with Crippen LogP contribution in [0.4, 0.5) is 5.69 Å². The Morgan fingerprint density at radius 3 is 2.70 bits per heavy atom. The van der Waals surface area contributed by atoms with E-state index in [1.165, 1.54) is 20.5 Å². The molecule has 0 saturated carbocycles. The van der Waals surface area contributed by atoms with Crippen LogP contribution in [0.2, 0.25) is 0 Å². The van der Waals surface area contributed by atoms with Gasteiger partial charge >= 0.3 is 5.69 Å². The van der Waals surface area contributed by atoms with E-state index in [0.717, 1.165) is 9.77 Å². The van der Waals surface area contributed by atoms with Gasteiger partial charge < -0.3 is 5.32 Å². The van der Waals surface area contributed by atoms with E-state index < -0.39 is 5.69 Å². The molecule has 1 aromatic carbocycles. The number of hydrogen-bond donors (Lipinski definition) is 1. The summed E-state index contributed by atoms with van der Waals surface area (Å²) in [6.45, 7) is 0.123. The van der Waals surface area contributed by atoms with Crippen molar-refractivity contribution in [3.63, 3.8) is 0 Å². The van der Waals surface area contributed by atoms with Crippen LogP contribution >= 0.6 is 34.4 Å². The van der Waals surface area contributed by atoms with Crippen LogP contribution in [-0.2, 0) is 24.3 Å². The highest BCUT2D eigenvalue weighted by Gasteiger charge is 2.16. The first-order valence-corrected chi connectivity index (χ1v) is 12.2. The molecule has 154 valence electrons. The second kappa shape index (κ2) is 9.03. The van der Waals surface area contributed by atoms with Gasteiger partial charge in [0.2, 0.25) is 5.91 Å². The number of thioether (sulfide) groups is 1. The molecule has 0 aliphatic rings. The average molecular weight is 458 g/mol. The first-order chi connectivity index (χ1) is 14.6. The van der Waals surface area contributed by atoms with E-state index in [1.54, 1.807) is 34.5 Å². The van der Waals surface area contributed by atoms with Crippen molar-refractivity contribution in [3.05, 3.63) is 78.9 Å². The number of carbonyl (C=O) groups excluding carboxylic acids is 1. The van der Waals surface area contributed by atoms with Crippen LogP contribution in [0.3, 0.4) is 0 Å². The van der Waals surface area contributed by atoms with E-state index in [4.69, 9.17) is 0 Å². The van der Waals surface area contributed by atoms with Crippen LogP contribution in [0, 0.1) is 0 Å². The number of nitrogens with zero attached hydrogens (tertiary/aromatic N) is 2. The van der Waals surface area contributed by atoms with Gasteiger partial charge in [-0.2, -0.15) is 0 Å². The molecular weight excluding hydrogens is 438 g/mol. The molecule has 0 aliphatic heterocycles. The number of hydrogen-bond acceptors (Lipinski definition) is 6. The normalized spacial score (nSPS) is 11.1. The molecule has 0 spiro atoms. The number of thiophene rings is 2. The molecule has 9 heteroatoms. The lowest BCUT2D eigenvalue weighted by molar-refractivity contribution is -0.116. The van der Waals surface area contributed by atoms with Gasteiger partial charge in [0.1, 0.15) is 11.2 Å². The summed E-state index contributed by atoms with van der Waals surface area (Å²) in [7, 11) is 0. The van der Waals surface area contributed by atoms with Crippen molar-refractivity contribution in [1.29, 1.82) is 0 Å². The van der Waals surface area contributed by atoms with Crippen LogP contribution in [0.15, 0.2) is 67.7 Å². The van der Waals surface area contributed by atoms with Gasteiger partial charge in [-0.25, -0.2) is 4.79 Å². The second-order valence-corrected chi connectivity index (χ2v) is 9.40. The number of anilines is 1. The number of amides is 1. The van der Waals surface area contributed by atoms with E-state index in [0.29, 0.717) is 22.3 Å². The van der Waals surface area contributed by atoms with Gasteiger partial charge in [-0.05, 0) is 53.8 Å². The maximum atomic E-state index is 13.1. The predicted molar refractivity (Wildman–Crippen MR) is 125 cm³/mol. The maximum absolute atomic E-state index is 13.1. The standard InChI is InChI=1S/C21H19N3O3S3/c1-28-16-5-2-4-14(12-16)22-18(25)13-24-17-8-11-30-19(17)20(26)23(21(24)27)9-7-15-6-3-10-29-15/h2-6,8,10-12H,7,9,13H2,1H3,(H,22,25). The highest BCUT2D eigenvalue weighted by Crippen LogP contribution is 2.19. The van der Waals surface area contributed by atoms with Crippen LogP contribution < -0.4 is 16.6 Å². The second-order valence-electron chi connectivity index (χ2n) is 6.57. The van der Waals surface area contributed by atoms with E-state index >= 15 is 0 Å². The molecule has 1 amide bonds. The average Bonchev–Trinajstić information content (AvgIpc) is 3.43. The predicted octanol–water partition coefficient (Wildman–Crippen LogP) is 3.89. The van der Waals surface area contributed by atoms with E-state index in [2.05, 4.69) is 5.32 Å². The van der Waals surface area contributed by atoms with Crippen molar-refractivity contribution in [2.24, 2.45) is 0 Å². The third-order valence-electron chi connectivity index (χ3n) is 4.65. The highest BCUT2D eigenvalue weighted by molar-refractivity contribution is 7.98. The molecule has 0 saturated heterocycles. The summed E-state index contributed by atoms with van der Waals surface area (Å²) in [6, 6.07) is 13.2. The summed E-state index contributed by atoms with van der Waals surface area (Å²) in [4.78, 5) is 40.7. The number of fused-ring (bicyclic) bond motifs is 1. The summed E-state index contributed by atoms with van der Waals surface area (Å²) >= 11 is 4.46. The number of nitrogens with one attached hydrogen (secondary N) is 1. The van der Waals surface area contributed by atoms with Crippen LogP contribution in [-0.4, -0.2) is 21.3 Å². The van der Waals surface area contributed by atoms with Gasteiger partial charge in [0.05, 0.1) is 5.52 Å². The third-order valence-corrected chi connectivity index (χ3v) is 7.21. The zero-order valence-electron chi connectivity index (χ0n) is 16.2. The Labute approximate surface area is 184 Å². The summed E-state index contributed by atoms with van der Waals surface area (Å²) < 4.78 is 3.10. The Hall–Kier alpha value is -2.62. The van der Waals surface area contributed by atoms with E-state index in [1.807, 2.05) is 48.0 Å². The molecular formula is C21H19N3O3S3. The van der Waals surface area contributed by atoms with Gasteiger partial charge in [-0.1, -0.05) is 12.1 Å². The largest absolute Gasteiger partial charge is 0.332 e. The molecule has 0 unspecified atom stereocenters. The number of benzene rings is 1. The lowest BCUT2D eigenvalue weighted by Gasteiger charge is -2.12. The number of aryl methyl sites for hydroxylation is 1. The zero-order chi connectivity index (χ0) is 21.1. The fraction of sp³-hybridized carbons (Fsp3) is 0.190. The molecule has 4 rings (SSSR count). The van der Waals surface area contributed by atoms with Crippen molar-refractivity contribution in [2.75, 3.05) is 11.6 Å². The van der Waals surface area contributed by atoms with Gasteiger partial charge in [0.25, 0.3) is 5.56 Å². The molecule has 0 fully saturated rings. The lowest BCUT2D eigenvalue weighted by Crippen LogP contribution is -2.41. The molecule has 3 heterocycles. The molecule has 4 aromatic rings. The summed E-state index contributed by atoms with van der Waals surface area (Å²) in [5, 5.41) is 6.58. The molecule has 30 heavy (non-hydrogen) atoms. The van der Waals surface area contributed by atoms with Crippen molar-refractivity contribution in [3.8, 4) is 0 Å². The Morgan fingerprint density at radius 2 is 1.93 bits per heavy atom. The summed E-state index contributed by atoms with van der Waals surface area (Å²) in [5.74, 6) is -0.314. The zero-order valence-corrected chi connectivity index (χ0v) is 18.6. The topological polar surface area (TPSA) is 73.1 Å². The fourth-order valence-electron chi connectivity index (χ4n) is 3.21.